The molecule has 3 heteroatoms. The van der Waals surface area contributed by atoms with Gasteiger partial charge in [0.05, 0.1) is 0 Å². The van der Waals surface area contributed by atoms with Gasteiger partial charge in [-0.1, -0.05) is 48.5 Å². The number of hydrogen-bond donors (Lipinski definition) is 0. The molecule has 0 radical (unpaired) electrons. The topological polar surface area (TPSA) is 29.5 Å². The van der Waals surface area contributed by atoms with E-state index >= 15 is 0 Å². The molecule has 1 amide bonds. The minimum atomic E-state index is 0.0911. The first-order valence-corrected chi connectivity index (χ1v) is 7.89. The minimum absolute atomic E-state index is 0.0911. The van der Waals surface area contributed by atoms with Crippen molar-refractivity contribution in [1.82, 2.24) is 4.90 Å². The molecule has 0 N–H and O–H groups in total. The van der Waals surface area contributed by atoms with Crippen LogP contribution in [0.4, 0.5) is 0 Å². The predicted octanol–water partition coefficient (Wildman–Crippen LogP) is 3.88. The predicted molar refractivity (Wildman–Crippen MR) is 92.2 cm³/mol. The van der Waals surface area contributed by atoms with Crippen molar-refractivity contribution >= 4 is 11.5 Å². The lowest BCUT2D eigenvalue weighted by molar-refractivity contribution is -0.127. The first-order chi connectivity index (χ1) is 11.2. The van der Waals surface area contributed by atoms with Gasteiger partial charge in [0.1, 0.15) is 12.4 Å². The number of carbonyl (C=O) groups excluding carboxylic acids is 1. The number of rotatable bonds is 3. The summed E-state index contributed by atoms with van der Waals surface area (Å²) in [5.74, 6) is 1.00. The summed E-state index contributed by atoms with van der Waals surface area (Å²) in [7, 11) is 1.83. The molecule has 3 rings (SSSR count). The molecule has 0 spiro atoms. The molecule has 0 atom stereocenters. The Kier molecular flexibility index (Phi) is 4.47. The lowest BCUT2D eigenvalue weighted by atomic mass is 9.93. The Balaban J connectivity index is 1.98. The van der Waals surface area contributed by atoms with E-state index in [9.17, 15) is 4.79 Å². The Hall–Kier alpha value is -2.55. The second-order valence-electron chi connectivity index (χ2n) is 5.79. The van der Waals surface area contributed by atoms with Crippen LogP contribution in [0.1, 0.15) is 30.0 Å². The first-order valence-electron chi connectivity index (χ1n) is 7.89. The molecule has 1 aliphatic rings. The van der Waals surface area contributed by atoms with Gasteiger partial charge in [-0.2, -0.15) is 0 Å². The molecule has 0 saturated carbocycles. The summed E-state index contributed by atoms with van der Waals surface area (Å²) in [5.41, 5.74) is 4.70. The zero-order valence-corrected chi connectivity index (χ0v) is 13.6. The van der Waals surface area contributed by atoms with Crippen LogP contribution in [-0.4, -0.2) is 24.4 Å². The fourth-order valence-corrected chi connectivity index (χ4v) is 2.80. The molecule has 2 aromatic carbocycles. The monoisotopic (exact) mass is 307 g/mol. The Morgan fingerprint density at radius 1 is 1.13 bits per heavy atom. The summed E-state index contributed by atoms with van der Waals surface area (Å²) in [6, 6.07) is 16.5. The van der Waals surface area contributed by atoms with Gasteiger partial charge >= 0.3 is 0 Å². The van der Waals surface area contributed by atoms with Crippen molar-refractivity contribution in [2.75, 3.05) is 13.6 Å². The Labute approximate surface area is 137 Å². The van der Waals surface area contributed by atoms with Gasteiger partial charge in [0.15, 0.2) is 0 Å². The van der Waals surface area contributed by atoms with E-state index in [-0.39, 0.29) is 5.91 Å². The summed E-state index contributed by atoms with van der Waals surface area (Å²) in [6.45, 7) is 2.89. The number of amides is 1. The van der Waals surface area contributed by atoms with Crippen molar-refractivity contribution in [2.24, 2.45) is 0 Å². The third kappa shape index (κ3) is 3.29. The van der Waals surface area contributed by atoms with Crippen molar-refractivity contribution in [1.29, 1.82) is 0 Å². The number of hydrogen-bond acceptors (Lipinski definition) is 2. The van der Waals surface area contributed by atoms with E-state index in [2.05, 4.69) is 30.3 Å². The lowest BCUT2D eigenvalue weighted by Gasteiger charge is -2.14. The summed E-state index contributed by atoms with van der Waals surface area (Å²) >= 11 is 0. The molecule has 0 aromatic heterocycles. The highest BCUT2D eigenvalue weighted by molar-refractivity contribution is 5.85. The van der Waals surface area contributed by atoms with Gasteiger partial charge in [-0.05, 0) is 29.2 Å². The van der Waals surface area contributed by atoms with Gasteiger partial charge < -0.3 is 9.64 Å². The van der Waals surface area contributed by atoms with Crippen molar-refractivity contribution in [3.8, 4) is 5.75 Å². The maximum atomic E-state index is 11.4. The fraction of sp³-hybridized carbons (Fsp3) is 0.250. The third-order valence-corrected chi connectivity index (χ3v) is 4.22. The maximum absolute atomic E-state index is 11.4. The first kappa shape index (κ1) is 15.3. The van der Waals surface area contributed by atoms with Gasteiger partial charge in [-0.15, -0.1) is 0 Å². The van der Waals surface area contributed by atoms with Crippen LogP contribution in [0.25, 0.3) is 5.57 Å². The van der Waals surface area contributed by atoms with Gasteiger partial charge in [-0.3, -0.25) is 4.79 Å². The van der Waals surface area contributed by atoms with Crippen LogP contribution in [0.3, 0.4) is 0 Å². The zero-order chi connectivity index (χ0) is 16.2. The highest BCUT2D eigenvalue weighted by atomic mass is 16.5. The number of fused-ring (bicyclic) bond motifs is 2. The standard InChI is InChI=1S/C20H21NO2/c1-15(22)21(2)13-7-11-18-17-9-4-3-8-16(17)14-23-20-12-6-5-10-19(18)20/h3-6,8-12H,7,13-14H2,1-2H3/b18-11+. The van der Waals surface area contributed by atoms with Crippen LogP contribution in [0.15, 0.2) is 54.6 Å². The third-order valence-electron chi connectivity index (χ3n) is 4.22. The summed E-state index contributed by atoms with van der Waals surface area (Å²) in [6.07, 6.45) is 3.03. The maximum Gasteiger partial charge on any atom is 0.219 e. The fourth-order valence-electron chi connectivity index (χ4n) is 2.80. The minimum Gasteiger partial charge on any atom is -0.488 e. The van der Waals surface area contributed by atoms with E-state index in [0.29, 0.717) is 13.2 Å². The molecule has 0 aliphatic carbocycles. The van der Waals surface area contributed by atoms with Crippen LogP contribution < -0.4 is 4.74 Å². The highest BCUT2D eigenvalue weighted by Gasteiger charge is 2.18. The van der Waals surface area contributed by atoms with Crippen LogP contribution >= 0.6 is 0 Å². The van der Waals surface area contributed by atoms with E-state index < -0.39 is 0 Å². The van der Waals surface area contributed by atoms with Crippen LogP contribution in [-0.2, 0) is 11.4 Å². The second kappa shape index (κ2) is 6.69. The number of benzene rings is 2. The molecule has 1 heterocycles. The molecule has 0 saturated heterocycles. The summed E-state index contributed by atoms with van der Waals surface area (Å²) < 4.78 is 5.97. The molecule has 0 fully saturated rings. The second-order valence-corrected chi connectivity index (χ2v) is 5.79. The smallest absolute Gasteiger partial charge is 0.219 e. The molecule has 2 aromatic rings. The molecule has 0 unspecified atom stereocenters. The van der Waals surface area contributed by atoms with Crippen molar-refractivity contribution in [3.63, 3.8) is 0 Å². The van der Waals surface area contributed by atoms with Crippen LogP contribution in [0.5, 0.6) is 5.75 Å². The van der Waals surface area contributed by atoms with Crippen LogP contribution in [0.2, 0.25) is 0 Å². The van der Waals surface area contributed by atoms with E-state index in [1.807, 2.05) is 31.3 Å². The molecular formula is C20H21NO2. The Morgan fingerprint density at radius 3 is 2.61 bits per heavy atom. The Bertz CT molecular complexity index is 699. The summed E-state index contributed by atoms with van der Waals surface area (Å²) in [5, 5.41) is 0. The zero-order valence-electron chi connectivity index (χ0n) is 13.6. The highest BCUT2D eigenvalue weighted by Crippen LogP contribution is 2.36. The normalized spacial score (nSPS) is 14.4. The van der Waals surface area contributed by atoms with E-state index in [0.717, 1.165) is 17.7 Å². The molecule has 1 aliphatic heterocycles. The molecule has 0 bridgehead atoms. The van der Waals surface area contributed by atoms with Gasteiger partial charge in [0.2, 0.25) is 5.91 Å². The molecule has 3 nitrogen and oxygen atoms in total. The average molecular weight is 307 g/mol. The van der Waals surface area contributed by atoms with Crippen molar-refractivity contribution in [2.45, 2.75) is 20.0 Å². The number of ether oxygens (including phenoxy) is 1. The largest absolute Gasteiger partial charge is 0.488 e. The van der Waals surface area contributed by atoms with Crippen LogP contribution in [0, 0.1) is 0 Å². The number of para-hydroxylation sites is 1. The quantitative estimate of drug-likeness (QED) is 0.861. The van der Waals surface area contributed by atoms with E-state index in [4.69, 9.17) is 4.74 Å². The lowest BCUT2D eigenvalue weighted by Crippen LogP contribution is -2.24. The molecule has 118 valence electrons. The van der Waals surface area contributed by atoms with Gasteiger partial charge in [-0.25, -0.2) is 0 Å². The average Bonchev–Trinajstić information content (AvgIpc) is 2.72. The van der Waals surface area contributed by atoms with Gasteiger partial charge in [0.25, 0.3) is 0 Å². The molecule has 23 heavy (non-hydrogen) atoms. The Morgan fingerprint density at radius 2 is 1.83 bits per heavy atom. The van der Waals surface area contributed by atoms with Gasteiger partial charge in [0, 0.05) is 26.1 Å². The molecular weight excluding hydrogens is 286 g/mol. The number of carbonyl (C=O) groups is 1. The summed E-state index contributed by atoms with van der Waals surface area (Å²) in [4.78, 5) is 13.1. The van der Waals surface area contributed by atoms with E-state index in [1.165, 1.54) is 16.7 Å². The SMILES string of the molecule is CC(=O)N(C)CC/C=C1\c2ccccc2COc2ccccc21. The number of nitrogens with zero attached hydrogens (tertiary/aromatic N) is 1. The van der Waals surface area contributed by atoms with E-state index in [1.54, 1.807) is 11.8 Å². The van der Waals surface area contributed by atoms with Crippen molar-refractivity contribution in [3.05, 3.63) is 71.3 Å². The van der Waals surface area contributed by atoms with Crippen molar-refractivity contribution < 1.29 is 9.53 Å².